The number of rotatable bonds is 5. The number of aromatic nitrogens is 2. The molecule has 0 aliphatic rings. The molecule has 0 saturated carbocycles. The van der Waals surface area contributed by atoms with Crippen LogP contribution in [0.25, 0.3) is 0 Å². The molecule has 0 saturated heterocycles. The smallest absolute Gasteiger partial charge is 0.268 e. The Balaban J connectivity index is 3.21. The molecule has 1 amide bonds. The average molecular weight is 236 g/mol. The van der Waals surface area contributed by atoms with E-state index < -0.39 is 5.91 Å². The molecule has 5 N–H and O–H groups in total. The zero-order valence-electron chi connectivity index (χ0n) is 9.90. The van der Waals surface area contributed by atoms with Crippen LogP contribution in [-0.4, -0.2) is 34.8 Å². The lowest BCUT2D eigenvalue weighted by atomic mass is 10.3. The van der Waals surface area contributed by atoms with E-state index in [2.05, 4.69) is 20.3 Å². The van der Waals surface area contributed by atoms with E-state index >= 15 is 0 Å². The van der Waals surface area contributed by atoms with Crippen LogP contribution in [0.2, 0.25) is 0 Å². The van der Waals surface area contributed by atoms with Gasteiger partial charge in [0.2, 0.25) is 0 Å². The second-order valence-corrected chi connectivity index (χ2v) is 3.21. The second-order valence-electron chi connectivity index (χ2n) is 3.21. The highest BCUT2D eigenvalue weighted by molar-refractivity contribution is 6.00. The summed E-state index contributed by atoms with van der Waals surface area (Å²) in [5, 5.41) is 2.97. The van der Waals surface area contributed by atoms with E-state index in [4.69, 9.17) is 11.5 Å². The molecule has 1 rings (SSSR count). The van der Waals surface area contributed by atoms with Crippen molar-refractivity contribution in [2.24, 2.45) is 16.5 Å². The molecule has 1 heterocycles. The van der Waals surface area contributed by atoms with Crippen molar-refractivity contribution in [3.05, 3.63) is 17.6 Å². The molecule has 0 aromatic carbocycles. The first kappa shape index (κ1) is 12.9. The molecule has 0 unspecified atom stereocenters. The van der Waals surface area contributed by atoms with E-state index in [9.17, 15) is 4.79 Å². The summed E-state index contributed by atoms with van der Waals surface area (Å²) >= 11 is 0. The molecule has 1 aromatic heterocycles. The van der Waals surface area contributed by atoms with Crippen LogP contribution < -0.4 is 16.8 Å². The van der Waals surface area contributed by atoms with Crippen molar-refractivity contribution in [1.29, 1.82) is 0 Å². The van der Waals surface area contributed by atoms with Crippen LogP contribution >= 0.6 is 0 Å². The van der Waals surface area contributed by atoms with Gasteiger partial charge in [0.25, 0.3) is 5.91 Å². The Morgan fingerprint density at radius 3 is 2.71 bits per heavy atom. The third kappa shape index (κ3) is 3.13. The predicted molar refractivity (Wildman–Crippen MR) is 66.0 cm³/mol. The highest BCUT2D eigenvalue weighted by atomic mass is 16.1. The van der Waals surface area contributed by atoms with E-state index in [1.54, 1.807) is 0 Å². The number of primary amides is 1. The van der Waals surface area contributed by atoms with E-state index in [-0.39, 0.29) is 11.5 Å². The summed E-state index contributed by atoms with van der Waals surface area (Å²) in [4.78, 5) is 23.2. The minimum atomic E-state index is -0.630. The van der Waals surface area contributed by atoms with Crippen molar-refractivity contribution in [2.45, 2.75) is 13.8 Å². The highest BCUT2D eigenvalue weighted by Gasteiger charge is 2.12. The molecule has 1 aromatic rings. The van der Waals surface area contributed by atoms with Crippen LogP contribution in [-0.2, 0) is 0 Å². The minimum absolute atomic E-state index is 0.0917. The number of nitrogens with zero attached hydrogens (tertiary/aromatic N) is 3. The molecular weight excluding hydrogens is 220 g/mol. The normalized spacial score (nSPS) is 11.3. The van der Waals surface area contributed by atoms with Crippen LogP contribution in [0.4, 0.5) is 5.82 Å². The first-order chi connectivity index (χ1) is 8.10. The first-order valence-electron chi connectivity index (χ1n) is 5.31. The van der Waals surface area contributed by atoms with Crippen molar-refractivity contribution in [2.75, 3.05) is 18.4 Å². The van der Waals surface area contributed by atoms with Crippen molar-refractivity contribution < 1.29 is 4.79 Å². The molecular formula is C10H16N6O. The Hall–Kier alpha value is -2.18. The summed E-state index contributed by atoms with van der Waals surface area (Å²) in [5.41, 5.74) is 11.4. The van der Waals surface area contributed by atoms with E-state index in [0.717, 1.165) is 0 Å². The van der Waals surface area contributed by atoms with Gasteiger partial charge in [0.1, 0.15) is 17.2 Å². The highest BCUT2D eigenvalue weighted by Crippen LogP contribution is 2.10. The molecule has 0 atom stereocenters. The number of nitrogens with one attached hydrogen (secondary N) is 1. The fraction of sp³-hybridized carbons (Fsp3) is 0.400. The Kier molecular flexibility index (Phi) is 4.38. The van der Waals surface area contributed by atoms with Crippen molar-refractivity contribution >= 4 is 17.6 Å². The van der Waals surface area contributed by atoms with E-state index in [0.29, 0.717) is 24.6 Å². The van der Waals surface area contributed by atoms with Gasteiger partial charge in [0.05, 0.1) is 6.20 Å². The van der Waals surface area contributed by atoms with Gasteiger partial charge < -0.3 is 16.8 Å². The van der Waals surface area contributed by atoms with Gasteiger partial charge in [-0.2, -0.15) is 0 Å². The number of hydrogen-bond acceptors (Lipinski definition) is 5. The van der Waals surface area contributed by atoms with Crippen LogP contribution in [0.3, 0.4) is 0 Å². The average Bonchev–Trinajstić information content (AvgIpc) is 2.29. The standard InChI is InChI=1S/C10H16N6O/c1-3-13-8(11)7-10(14-4-2)16-6(5-15-7)9(12)17/h5H,3-4H2,1-2H3,(H2,11,13)(H2,12,17)(H,14,16). The molecule has 7 heteroatoms. The van der Waals surface area contributed by atoms with Gasteiger partial charge in [-0.15, -0.1) is 0 Å². The molecule has 0 aliphatic heterocycles. The maximum Gasteiger partial charge on any atom is 0.268 e. The Labute approximate surface area is 99.3 Å². The lowest BCUT2D eigenvalue weighted by Crippen LogP contribution is -2.22. The topological polar surface area (TPSA) is 119 Å². The first-order valence-corrected chi connectivity index (χ1v) is 5.31. The summed E-state index contributed by atoms with van der Waals surface area (Å²) < 4.78 is 0. The number of nitrogens with two attached hydrogens (primary N) is 2. The van der Waals surface area contributed by atoms with Crippen LogP contribution in [0.1, 0.15) is 30.0 Å². The lowest BCUT2D eigenvalue weighted by molar-refractivity contribution is 0.0995. The van der Waals surface area contributed by atoms with Gasteiger partial charge in [0, 0.05) is 13.1 Å². The number of amidine groups is 1. The Morgan fingerprint density at radius 2 is 2.18 bits per heavy atom. The fourth-order valence-electron chi connectivity index (χ4n) is 1.23. The zero-order chi connectivity index (χ0) is 12.8. The van der Waals surface area contributed by atoms with Gasteiger partial charge in [-0.3, -0.25) is 9.79 Å². The SMILES string of the molecule is CCN=C(N)c1ncc(C(N)=O)nc1NCC. The van der Waals surface area contributed by atoms with Crippen LogP contribution in [0.15, 0.2) is 11.2 Å². The summed E-state index contributed by atoms with van der Waals surface area (Å²) in [5.74, 6) is 0.0691. The summed E-state index contributed by atoms with van der Waals surface area (Å²) in [6, 6.07) is 0. The van der Waals surface area contributed by atoms with Crippen molar-refractivity contribution in [3.63, 3.8) is 0 Å². The lowest BCUT2D eigenvalue weighted by Gasteiger charge is -2.09. The summed E-state index contributed by atoms with van der Waals surface area (Å²) in [7, 11) is 0. The number of aliphatic imine (C=N–C) groups is 1. The minimum Gasteiger partial charge on any atom is -0.382 e. The van der Waals surface area contributed by atoms with Gasteiger partial charge in [-0.05, 0) is 13.8 Å². The zero-order valence-corrected chi connectivity index (χ0v) is 9.90. The molecule has 0 fully saturated rings. The number of amides is 1. The Morgan fingerprint density at radius 1 is 1.47 bits per heavy atom. The van der Waals surface area contributed by atoms with Gasteiger partial charge >= 0.3 is 0 Å². The fourth-order valence-corrected chi connectivity index (χ4v) is 1.23. The molecule has 7 nitrogen and oxygen atoms in total. The molecule has 0 bridgehead atoms. The largest absolute Gasteiger partial charge is 0.382 e. The number of anilines is 1. The molecule has 17 heavy (non-hydrogen) atoms. The molecule has 92 valence electrons. The monoisotopic (exact) mass is 236 g/mol. The third-order valence-corrected chi connectivity index (χ3v) is 1.94. The van der Waals surface area contributed by atoms with Crippen molar-refractivity contribution in [1.82, 2.24) is 9.97 Å². The predicted octanol–water partition coefficient (Wildman–Crippen LogP) is -0.267. The molecule has 0 spiro atoms. The van der Waals surface area contributed by atoms with E-state index in [1.807, 2.05) is 13.8 Å². The van der Waals surface area contributed by atoms with Crippen LogP contribution in [0, 0.1) is 0 Å². The Bertz CT molecular complexity index is 442. The van der Waals surface area contributed by atoms with Gasteiger partial charge in [-0.25, -0.2) is 9.97 Å². The maximum atomic E-state index is 11.0. The molecule has 0 radical (unpaired) electrons. The number of carbonyl (C=O) groups excluding carboxylic acids is 1. The third-order valence-electron chi connectivity index (χ3n) is 1.94. The van der Waals surface area contributed by atoms with Gasteiger partial charge in [0.15, 0.2) is 5.82 Å². The maximum absolute atomic E-state index is 11.0. The molecule has 0 aliphatic carbocycles. The quantitative estimate of drug-likeness (QED) is 0.480. The van der Waals surface area contributed by atoms with Gasteiger partial charge in [-0.1, -0.05) is 0 Å². The summed E-state index contributed by atoms with van der Waals surface area (Å²) in [6.07, 6.45) is 1.29. The summed E-state index contributed by atoms with van der Waals surface area (Å²) in [6.45, 7) is 4.94. The van der Waals surface area contributed by atoms with Crippen molar-refractivity contribution in [3.8, 4) is 0 Å². The van der Waals surface area contributed by atoms with E-state index in [1.165, 1.54) is 6.20 Å². The number of carbonyl (C=O) groups is 1. The number of hydrogen-bond donors (Lipinski definition) is 3. The van der Waals surface area contributed by atoms with Crippen LogP contribution in [0.5, 0.6) is 0 Å². The second kappa shape index (κ2) is 5.78.